The number of amides is 5. The number of nitrogens with one attached hydrogen (secondary N) is 4. The summed E-state index contributed by atoms with van der Waals surface area (Å²) in [5.41, 5.74) is 2.30. The van der Waals surface area contributed by atoms with Crippen LogP contribution in [0.15, 0.2) is 36.4 Å². The highest BCUT2D eigenvalue weighted by molar-refractivity contribution is 6.15. The third-order valence-electron chi connectivity index (χ3n) is 10.3. The van der Waals surface area contributed by atoms with Crippen molar-refractivity contribution in [2.45, 2.75) is 95.5 Å². The lowest BCUT2D eigenvalue weighted by Crippen LogP contribution is -2.46. The van der Waals surface area contributed by atoms with E-state index in [0.717, 1.165) is 84.9 Å². The van der Waals surface area contributed by atoms with Gasteiger partial charge in [0.1, 0.15) is 5.75 Å². The average Bonchev–Trinajstić information content (AvgIpc) is 3.50. The van der Waals surface area contributed by atoms with Gasteiger partial charge in [-0.2, -0.15) is 0 Å². The molecule has 0 saturated carbocycles. The van der Waals surface area contributed by atoms with Gasteiger partial charge in [-0.05, 0) is 68.0 Å². The summed E-state index contributed by atoms with van der Waals surface area (Å²) in [5.74, 6) is -1.76. The monoisotopic (exact) mass is 757 g/mol. The van der Waals surface area contributed by atoms with Crippen LogP contribution in [0.1, 0.15) is 82.1 Å². The zero-order chi connectivity index (χ0) is 38.4. The quantitative estimate of drug-likeness (QED) is 0.0491. The van der Waals surface area contributed by atoms with E-state index in [1.807, 2.05) is 16.7 Å². The van der Waals surface area contributed by atoms with Gasteiger partial charge in [0.05, 0.1) is 16.8 Å². The zero-order valence-electron chi connectivity index (χ0n) is 29.8. The first-order chi connectivity index (χ1) is 25.9. The minimum absolute atomic E-state index is 0.00123. The molecule has 2 aliphatic heterocycles. The average molecular weight is 758 g/mol. The third-order valence-corrected chi connectivity index (χ3v) is 10.3. The number of aryl methyl sites for hydroxylation is 1. The second-order valence-corrected chi connectivity index (χ2v) is 14.0. The van der Waals surface area contributed by atoms with E-state index < -0.39 is 18.3 Å². The van der Waals surface area contributed by atoms with E-state index in [0.29, 0.717) is 62.0 Å². The molecule has 0 aliphatic carbocycles. The van der Waals surface area contributed by atoms with Crippen molar-refractivity contribution < 1.29 is 47.4 Å². The van der Waals surface area contributed by atoms with Crippen LogP contribution in [0.4, 0.5) is 23.7 Å². The smallest absolute Gasteiger partial charge is 0.492 e. The Morgan fingerprint density at radius 3 is 2.33 bits per heavy atom. The Morgan fingerprint density at radius 2 is 1.63 bits per heavy atom. The maximum atomic E-state index is 12.7. The summed E-state index contributed by atoms with van der Waals surface area (Å²) in [5, 5.41) is 33.2. The Labute approximate surface area is 309 Å². The van der Waals surface area contributed by atoms with Crippen molar-refractivity contribution in [1.29, 1.82) is 0 Å². The molecule has 2 aliphatic rings. The topological polar surface area (TPSA) is 179 Å². The number of aromatic nitrogens is 2. The fourth-order valence-corrected chi connectivity index (χ4v) is 7.56. The van der Waals surface area contributed by atoms with Crippen molar-refractivity contribution in [1.82, 2.24) is 30.1 Å². The van der Waals surface area contributed by atoms with E-state index in [2.05, 4.69) is 30.9 Å². The van der Waals surface area contributed by atoms with Crippen LogP contribution in [0, 0.1) is 0 Å². The molecule has 1 unspecified atom stereocenters. The van der Waals surface area contributed by atoms with Gasteiger partial charge >= 0.3 is 12.4 Å². The van der Waals surface area contributed by atoms with Crippen LogP contribution >= 0.6 is 0 Å². The van der Waals surface area contributed by atoms with E-state index in [4.69, 9.17) is 0 Å². The lowest BCUT2D eigenvalue weighted by Gasteiger charge is -2.32. The second-order valence-electron chi connectivity index (χ2n) is 14.0. The van der Waals surface area contributed by atoms with Gasteiger partial charge in [-0.25, -0.2) is 4.79 Å². The number of ether oxygens (including phenoxy) is 1. The van der Waals surface area contributed by atoms with Crippen molar-refractivity contribution in [2.75, 3.05) is 31.5 Å². The largest absolute Gasteiger partial charge is 0.573 e. The molecule has 17 heteroatoms. The zero-order valence-corrected chi connectivity index (χ0v) is 29.8. The van der Waals surface area contributed by atoms with Crippen molar-refractivity contribution >= 4 is 51.4 Å². The number of nitrogens with zero attached hydrogens (tertiary/aromatic N) is 3. The standard InChI is InChI=1S/C37H46F3N7O7/c38-37(39,40)54-25-9-7-23(8-10-25)42-36(52)43-24-15-20-45(21-16-24)22-17-29(48)41-18-5-3-1-2-4-6-19-46-32-26(27-13-14-30(49)44-33(27)50)11-12-28-31(32)35(51)47(53)34(28)46/h7-12,24,27,51,53H,1-6,13-22H2,(H,41,48)(H2,42,43,52)(H,44,49,50). The van der Waals surface area contributed by atoms with Crippen molar-refractivity contribution in [3.63, 3.8) is 0 Å². The minimum atomic E-state index is -4.78. The SMILES string of the molecule is O=C(CCN1CCC(NC(=O)Nc2ccc(OC(F)(F)F)cc2)CC1)NCCCCCCCCn1c2c(C3CCC(=O)NC3=O)ccc3c2c(O)n(O)c31. The molecule has 6 N–H and O–H groups in total. The molecule has 4 heterocycles. The second kappa shape index (κ2) is 16.9. The van der Waals surface area contributed by atoms with Crippen molar-refractivity contribution in [3.05, 3.63) is 42.0 Å². The normalized spacial score (nSPS) is 17.3. The van der Waals surface area contributed by atoms with Crippen molar-refractivity contribution in [3.8, 4) is 11.6 Å². The van der Waals surface area contributed by atoms with E-state index in [1.165, 1.54) is 12.1 Å². The molecular formula is C37H46F3N7O7. The van der Waals surface area contributed by atoms with Gasteiger partial charge in [-0.3, -0.25) is 19.7 Å². The summed E-state index contributed by atoms with van der Waals surface area (Å²) < 4.78 is 43.6. The number of hydrogen-bond acceptors (Lipinski definition) is 8. The molecule has 1 atom stereocenters. The van der Waals surface area contributed by atoms with Gasteiger partial charge in [0.25, 0.3) is 0 Å². The lowest BCUT2D eigenvalue weighted by atomic mass is 9.89. The van der Waals surface area contributed by atoms with Crippen LogP contribution in [0.3, 0.4) is 0 Å². The number of urea groups is 1. The predicted octanol–water partition coefficient (Wildman–Crippen LogP) is 5.53. The molecule has 2 saturated heterocycles. The highest BCUT2D eigenvalue weighted by atomic mass is 19.4. The molecule has 6 rings (SSSR count). The number of alkyl halides is 3. The van der Waals surface area contributed by atoms with E-state index in [9.17, 15) is 42.7 Å². The van der Waals surface area contributed by atoms with Gasteiger partial charge in [-0.15, -0.1) is 17.9 Å². The molecule has 54 heavy (non-hydrogen) atoms. The number of carbonyl (C=O) groups excluding carboxylic acids is 4. The Kier molecular flexibility index (Phi) is 12.0. The molecule has 0 spiro atoms. The molecule has 4 aromatic rings. The highest BCUT2D eigenvalue weighted by Crippen LogP contribution is 2.44. The summed E-state index contributed by atoms with van der Waals surface area (Å²) in [4.78, 5) is 51.3. The van der Waals surface area contributed by atoms with E-state index in [-0.39, 0.29) is 41.8 Å². The number of benzene rings is 2. The molecule has 292 valence electrons. The number of rotatable bonds is 16. The number of aromatic hydroxyl groups is 1. The molecule has 0 radical (unpaired) electrons. The first kappa shape index (κ1) is 38.5. The maximum Gasteiger partial charge on any atom is 0.573 e. The van der Waals surface area contributed by atoms with Gasteiger partial charge in [-0.1, -0.05) is 31.7 Å². The van der Waals surface area contributed by atoms with Crippen LogP contribution < -0.4 is 26.0 Å². The molecule has 2 aromatic carbocycles. The van der Waals surface area contributed by atoms with Crippen molar-refractivity contribution in [2.24, 2.45) is 0 Å². The maximum absolute atomic E-state index is 12.7. The summed E-state index contributed by atoms with van der Waals surface area (Å²) in [7, 11) is 0. The third kappa shape index (κ3) is 9.29. The molecule has 5 amide bonds. The number of carbonyl (C=O) groups is 4. The number of imide groups is 1. The molecular weight excluding hydrogens is 711 g/mol. The Balaban J connectivity index is 0.819. The van der Waals surface area contributed by atoms with Crippen LogP contribution in [-0.4, -0.2) is 86.8 Å². The Morgan fingerprint density at radius 1 is 0.926 bits per heavy atom. The van der Waals surface area contributed by atoms with Crippen LogP contribution in [0.5, 0.6) is 11.6 Å². The fraction of sp³-hybridized carbons (Fsp3) is 0.514. The number of unbranched alkanes of at least 4 members (excludes halogenated alkanes) is 5. The molecule has 14 nitrogen and oxygen atoms in total. The summed E-state index contributed by atoms with van der Waals surface area (Å²) in [6, 6.07) is 8.08. The summed E-state index contributed by atoms with van der Waals surface area (Å²) >= 11 is 0. The van der Waals surface area contributed by atoms with Gasteiger partial charge in [0.15, 0.2) is 5.65 Å². The van der Waals surface area contributed by atoms with Gasteiger partial charge < -0.3 is 40.5 Å². The summed E-state index contributed by atoms with van der Waals surface area (Å²) in [6.07, 6.45) is 3.32. The van der Waals surface area contributed by atoms with E-state index in [1.54, 1.807) is 0 Å². The number of likely N-dealkylation sites (tertiary alicyclic amines) is 1. The minimum Gasteiger partial charge on any atom is -0.492 e. The number of halogens is 3. The molecule has 2 aromatic heterocycles. The predicted molar refractivity (Wildman–Crippen MR) is 193 cm³/mol. The van der Waals surface area contributed by atoms with E-state index >= 15 is 0 Å². The molecule has 2 fully saturated rings. The Bertz CT molecular complexity index is 1930. The molecule has 4 bridgehead atoms. The van der Waals surface area contributed by atoms with Gasteiger partial charge in [0.2, 0.25) is 23.6 Å². The lowest BCUT2D eigenvalue weighted by molar-refractivity contribution is -0.274. The first-order valence-corrected chi connectivity index (χ1v) is 18.5. The Hall–Kier alpha value is -5.19. The van der Waals surface area contributed by atoms with Crippen LogP contribution in [0.2, 0.25) is 0 Å². The highest BCUT2D eigenvalue weighted by Gasteiger charge is 2.34. The fourth-order valence-electron chi connectivity index (χ4n) is 7.56. The summed E-state index contributed by atoms with van der Waals surface area (Å²) in [6.45, 7) is 3.29. The number of hydrogen-bond donors (Lipinski definition) is 6. The van der Waals surface area contributed by atoms with Gasteiger partial charge in [0, 0.05) is 62.7 Å². The number of piperidine rings is 2. The van der Waals surface area contributed by atoms with Crippen LogP contribution in [0.25, 0.3) is 21.9 Å². The first-order valence-electron chi connectivity index (χ1n) is 18.5. The number of anilines is 1. The van der Waals surface area contributed by atoms with Crippen LogP contribution in [-0.2, 0) is 20.9 Å².